The minimum Gasteiger partial charge on any atom is -0.491 e. The average Bonchev–Trinajstić information content (AvgIpc) is 2.73. The summed E-state index contributed by atoms with van der Waals surface area (Å²) in [4.78, 5) is 4.71. The molecule has 0 spiro atoms. The first-order valence-electron chi connectivity index (χ1n) is 9.72. The second kappa shape index (κ2) is 9.58. The molecular formula is C23H30N2O2. The normalized spacial score (nSPS) is 17.0. The molecule has 1 unspecified atom stereocenters. The van der Waals surface area contributed by atoms with Gasteiger partial charge in [0.25, 0.3) is 0 Å². The van der Waals surface area contributed by atoms with Crippen LogP contribution in [0.15, 0.2) is 60.7 Å². The van der Waals surface area contributed by atoms with Crippen molar-refractivity contribution in [3.8, 4) is 5.75 Å². The zero-order valence-electron chi connectivity index (χ0n) is 16.3. The van der Waals surface area contributed by atoms with E-state index in [0.29, 0.717) is 13.2 Å². The smallest absolute Gasteiger partial charge is 0.119 e. The molecule has 1 atom stereocenters. The van der Waals surface area contributed by atoms with Crippen molar-refractivity contribution >= 4 is 11.3 Å². The Kier molecular flexibility index (Phi) is 6.91. The van der Waals surface area contributed by atoms with Gasteiger partial charge in [-0.2, -0.15) is 0 Å². The molecule has 0 radical (unpaired) electrons. The van der Waals surface area contributed by atoms with Gasteiger partial charge < -0.3 is 14.7 Å². The van der Waals surface area contributed by atoms with E-state index in [-0.39, 0.29) is 0 Å². The summed E-state index contributed by atoms with van der Waals surface area (Å²) in [6.45, 7) is 9.01. The fraction of sp³-hybridized carbons (Fsp3) is 0.391. The predicted molar refractivity (Wildman–Crippen MR) is 112 cm³/mol. The number of β-amino-alcohol motifs (C(OH)–C–C–N with tert-alkyl or cyclic N) is 1. The maximum atomic E-state index is 10.3. The number of aliphatic hydroxyl groups is 1. The molecule has 2 aromatic carbocycles. The average molecular weight is 367 g/mol. The van der Waals surface area contributed by atoms with Gasteiger partial charge in [-0.3, -0.25) is 4.90 Å². The van der Waals surface area contributed by atoms with Crippen LogP contribution in [0.4, 0.5) is 5.69 Å². The Labute approximate surface area is 162 Å². The highest BCUT2D eigenvalue weighted by atomic mass is 16.5. The molecule has 4 nitrogen and oxygen atoms in total. The summed E-state index contributed by atoms with van der Waals surface area (Å²) in [5.41, 5.74) is 3.72. The van der Waals surface area contributed by atoms with Gasteiger partial charge in [0.05, 0.1) is 0 Å². The molecule has 2 aromatic rings. The maximum Gasteiger partial charge on any atom is 0.119 e. The molecule has 4 heteroatoms. The number of ether oxygens (including phenoxy) is 1. The third kappa shape index (κ3) is 5.59. The summed E-state index contributed by atoms with van der Waals surface area (Å²) in [5, 5.41) is 10.3. The summed E-state index contributed by atoms with van der Waals surface area (Å²) >= 11 is 0. The summed E-state index contributed by atoms with van der Waals surface area (Å²) in [7, 11) is 0. The number of piperazine rings is 1. The number of nitrogens with zero attached hydrogens (tertiary/aromatic N) is 2. The molecule has 1 heterocycles. The quantitative estimate of drug-likeness (QED) is 0.811. The van der Waals surface area contributed by atoms with E-state index in [1.54, 1.807) is 0 Å². The second-order valence-electron chi connectivity index (χ2n) is 7.08. The minimum absolute atomic E-state index is 0.320. The third-order valence-electron chi connectivity index (χ3n) is 5.15. The molecule has 0 saturated carbocycles. The molecule has 0 aliphatic carbocycles. The molecular weight excluding hydrogens is 336 g/mol. The Morgan fingerprint density at radius 3 is 2.33 bits per heavy atom. The Balaban J connectivity index is 1.40. The molecule has 1 fully saturated rings. The van der Waals surface area contributed by atoms with Crippen LogP contribution in [0.2, 0.25) is 0 Å². The van der Waals surface area contributed by atoms with Crippen molar-refractivity contribution in [2.24, 2.45) is 0 Å². The van der Waals surface area contributed by atoms with Crippen LogP contribution < -0.4 is 9.64 Å². The van der Waals surface area contributed by atoms with Gasteiger partial charge >= 0.3 is 0 Å². The van der Waals surface area contributed by atoms with Gasteiger partial charge in [-0.25, -0.2) is 0 Å². The van der Waals surface area contributed by atoms with Crippen LogP contribution in [-0.4, -0.2) is 55.4 Å². The van der Waals surface area contributed by atoms with Crippen molar-refractivity contribution in [2.45, 2.75) is 20.0 Å². The number of allylic oxidation sites excluding steroid dienone is 2. The van der Waals surface area contributed by atoms with Crippen LogP contribution in [-0.2, 0) is 0 Å². The Morgan fingerprint density at radius 2 is 1.70 bits per heavy atom. The van der Waals surface area contributed by atoms with E-state index in [4.69, 9.17) is 4.74 Å². The molecule has 1 saturated heterocycles. The predicted octanol–water partition coefficient (Wildman–Crippen LogP) is 3.67. The molecule has 1 aliphatic rings. The fourth-order valence-corrected chi connectivity index (χ4v) is 3.35. The van der Waals surface area contributed by atoms with Crippen LogP contribution in [0, 0.1) is 0 Å². The standard InChI is InChI=1S/C23H30N2O2/c1-3-19(2)20-9-11-23(12-10-20)27-18-22(26)17-24-13-15-25(16-14-24)21-7-5-4-6-8-21/h3-12,22,26H,13-18H2,1-2H3. The van der Waals surface area contributed by atoms with E-state index in [1.165, 1.54) is 16.8 Å². The van der Waals surface area contributed by atoms with E-state index in [1.807, 2.05) is 25.1 Å². The highest BCUT2D eigenvalue weighted by Crippen LogP contribution is 2.19. The van der Waals surface area contributed by atoms with Gasteiger partial charge in [0.1, 0.15) is 18.5 Å². The van der Waals surface area contributed by atoms with Crippen molar-refractivity contribution < 1.29 is 9.84 Å². The lowest BCUT2D eigenvalue weighted by Crippen LogP contribution is -2.49. The van der Waals surface area contributed by atoms with Crippen LogP contribution >= 0.6 is 0 Å². The Bertz CT molecular complexity index is 720. The second-order valence-corrected chi connectivity index (χ2v) is 7.08. The van der Waals surface area contributed by atoms with E-state index >= 15 is 0 Å². The highest BCUT2D eigenvalue weighted by Gasteiger charge is 2.19. The Hall–Kier alpha value is -2.30. The molecule has 1 N–H and O–H groups in total. The monoisotopic (exact) mass is 366 g/mol. The van der Waals surface area contributed by atoms with Crippen LogP contribution in [0.25, 0.3) is 5.57 Å². The number of anilines is 1. The topological polar surface area (TPSA) is 35.9 Å². The van der Waals surface area contributed by atoms with Gasteiger partial charge in [-0.1, -0.05) is 36.4 Å². The lowest BCUT2D eigenvalue weighted by atomic mass is 10.1. The van der Waals surface area contributed by atoms with E-state index in [2.05, 4.69) is 59.2 Å². The number of rotatable bonds is 7. The van der Waals surface area contributed by atoms with E-state index < -0.39 is 6.10 Å². The lowest BCUT2D eigenvalue weighted by Gasteiger charge is -2.36. The molecule has 3 rings (SSSR count). The number of hydrogen-bond acceptors (Lipinski definition) is 4. The van der Waals surface area contributed by atoms with E-state index in [9.17, 15) is 5.11 Å². The zero-order chi connectivity index (χ0) is 19.1. The van der Waals surface area contributed by atoms with Crippen LogP contribution in [0.5, 0.6) is 5.75 Å². The van der Waals surface area contributed by atoms with Gasteiger partial charge in [0.15, 0.2) is 0 Å². The van der Waals surface area contributed by atoms with Gasteiger partial charge in [0, 0.05) is 38.4 Å². The zero-order valence-corrected chi connectivity index (χ0v) is 16.3. The van der Waals surface area contributed by atoms with Gasteiger partial charge in [-0.15, -0.1) is 0 Å². The Morgan fingerprint density at radius 1 is 1.04 bits per heavy atom. The first kappa shape index (κ1) is 19.5. The number of benzene rings is 2. The van der Waals surface area contributed by atoms with Crippen molar-refractivity contribution in [2.75, 3.05) is 44.2 Å². The third-order valence-corrected chi connectivity index (χ3v) is 5.15. The van der Waals surface area contributed by atoms with Crippen molar-refractivity contribution in [1.29, 1.82) is 0 Å². The molecule has 27 heavy (non-hydrogen) atoms. The maximum absolute atomic E-state index is 10.3. The number of para-hydroxylation sites is 1. The first-order chi connectivity index (χ1) is 13.2. The highest BCUT2D eigenvalue weighted by molar-refractivity contribution is 5.63. The van der Waals surface area contributed by atoms with Crippen LogP contribution in [0.3, 0.4) is 0 Å². The SMILES string of the molecule is CC=C(C)c1ccc(OCC(O)CN2CCN(c3ccccc3)CC2)cc1. The summed E-state index contributed by atoms with van der Waals surface area (Å²) in [6, 6.07) is 18.6. The summed E-state index contributed by atoms with van der Waals surface area (Å²) in [6.07, 6.45) is 1.61. The summed E-state index contributed by atoms with van der Waals surface area (Å²) in [5.74, 6) is 0.801. The summed E-state index contributed by atoms with van der Waals surface area (Å²) < 4.78 is 5.76. The van der Waals surface area contributed by atoms with E-state index in [0.717, 1.165) is 31.9 Å². The van der Waals surface area contributed by atoms with Crippen LogP contribution in [0.1, 0.15) is 19.4 Å². The number of aliphatic hydroxyl groups excluding tert-OH is 1. The molecule has 0 aromatic heterocycles. The molecule has 1 aliphatic heterocycles. The van der Waals surface area contributed by atoms with Crippen molar-refractivity contribution in [1.82, 2.24) is 4.90 Å². The fourth-order valence-electron chi connectivity index (χ4n) is 3.35. The number of hydrogen-bond donors (Lipinski definition) is 1. The minimum atomic E-state index is -0.481. The molecule has 0 amide bonds. The molecule has 144 valence electrons. The molecule has 0 bridgehead atoms. The van der Waals surface area contributed by atoms with Gasteiger partial charge in [-0.05, 0) is 49.2 Å². The van der Waals surface area contributed by atoms with Crippen molar-refractivity contribution in [3.63, 3.8) is 0 Å². The van der Waals surface area contributed by atoms with Crippen molar-refractivity contribution in [3.05, 3.63) is 66.2 Å². The van der Waals surface area contributed by atoms with Gasteiger partial charge in [0.2, 0.25) is 0 Å². The lowest BCUT2D eigenvalue weighted by molar-refractivity contribution is 0.0663. The largest absolute Gasteiger partial charge is 0.491 e. The first-order valence-corrected chi connectivity index (χ1v) is 9.72.